The summed E-state index contributed by atoms with van der Waals surface area (Å²) in [6.45, 7) is 2.53. The van der Waals surface area contributed by atoms with Crippen molar-refractivity contribution in [3.05, 3.63) is 59.2 Å². The maximum absolute atomic E-state index is 5.40. The Labute approximate surface area is 198 Å². The van der Waals surface area contributed by atoms with Crippen molar-refractivity contribution in [1.29, 1.82) is 0 Å². The van der Waals surface area contributed by atoms with Gasteiger partial charge in [-0.05, 0) is 49.3 Å². The van der Waals surface area contributed by atoms with E-state index in [1.54, 1.807) is 14.2 Å². The fourth-order valence-electron chi connectivity index (χ4n) is 3.21. The first kappa shape index (κ1) is 26.0. The van der Waals surface area contributed by atoms with Gasteiger partial charge < -0.3 is 24.6 Å². The summed E-state index contributed by atoms with van der Waals surface area (Å²) >= 11 is 0. The van der Waals surface area contributed by atoms with Crippen molar-refractivity contribution in [2.24, 2.45) is 4.99 Å². The molecule has 0 radical (unpaired) electrons. The van der Waals surface area contributed by atoms with Crippen molar-refractivity contribution in [2.45, 2.75) is 19.5 Å². The first-order valence-corrected chi connectivity index (χ1v) is 9.82. The second kappa shape index (κ2) is 13.3. The molecule has 0 bridgehead atoms. The number of guanidine groups is 1. The summed E-state index contributed by atoms with van der Waals surface area (Å²) < 4.78 is 10.7. The van der Waals surface area contributed by atoms with Gasteiger partial charge in [0.1, 0.15) is 0 Å². The Bertz CT molecular complexity index is 812. The molecule has 6 nitrogen and oxygen atoms in total. The Morgan fingerprint density at radius 1 is 0.933 bits per heavy atom. The van der Waals surface area contributed by atoms with E-state index in [4.69, 9.17) is 9.47 Å². The number of rotatable bonds is 9. The maximum Gasteiger partial charge on any atom is 0.193 e. The van der Waals surface area contributed by atoms with Crippen LogP contribution in [-0.2, 0) is 19.5 Å². The highest BCUT2D eigenvalue weighted by Gasteiger charge is 2.09. The Balaban J connectivity index is 0.00000450. The summed E-state index contributed by atoms with van der Waals surface area (Å²) in [7, 11) is 11.3. The highest BCUT2D eigenvalue weighted by Crippen LogP contribution is 2.27. The Kier molecular flexibility index (Phi) is 11.6. The number of nitrogens with one attached hydrogen (secondary N) is 1. The van der Waals surface area contributed by atoms with Crippen molar-refractivity contribution in [3.63, 3.8) is 0 Å². The summed E-state index contributed by atoms with van der Waals surface area (Å²) in [5.41, 5.74) is 3.76. The lowest BCUT2D eigenvalue weighted by atomic mass is 10.1. The number of likely N-dealkylation sites (N-methyl/N-ethyl adjacent to an activating group) is 1. The predicted octanol–water partition coefficient (Wildman–Crippen LogP) is 3.63. The number of aliphatic imine (C=N–C) groups is 1. The van der Waals surface area contributed by atoms with Crippen LogP contribution >= 0.6 is 24.0 Å². The van der Waals surface area contributed by atoms with Gasteiger partial charge in [0.05, 0.1) is 14.2 Å². The van der Waals surface area contributed by atoms with E-state index in [-0.39, 0.29) is 24.0 Å². The average Bonchev–Trinajstić information content (AvgIpc) is 2.72. The smallest absolute Gasteiger partial charge is 0.193 e. The van der Waals surface area contributed by atoms with Gasteiger partial charge in [0.25, 0.3) is 0 Å². The molecular weight excluding hydrogens is 491 g/mol. The first-order chi connectivity index (χ1) is 14.0. The van der Waals surface area contributed by atoms with E-state index >= 15 is 0 Å². The molecule has 0 heterocycles. The zero-order chi connectivity index (χ0) is 21.2. The zero-order valence-corrected chi connectivity index (χ0v) is 21.3. The molecule has 0 aromatic heterocycles. The van der Waals surface area contributed by atoms with Gasteiger partial charge >= 0.3 is 0 Å². The third-order valence-corrected chi connectivity index (χ3v) is 4.70. The van der Waals surface area contributed by atoms with Crippen LogP contribution in [0.2, 0.25) is 0 Å². The zero-order valence-electron chi connectivity index (χ0n) is 18.9. The minimum absolute atomic E-state index is 0. The molecule has 2 rings (SSSR count). The van der Waals surface area contributed by atoms with E-state index in [9.17, 15) is 0 Å². The molecule has 0 aliphatic rings. The molecule has 0 saturated heterocycles. The van der Waals surface area contributed by atoms with Crippen LogP contribution in [0.5, 0.6) is 11.5 Å². The van der Waals surface area contributed by atoms with Gasteiger partial charge in [-0.25, -0.2) is 0 Å². The van der Waals surface area contributed by atoms with Crippen LogP contribution in [0.25, 0.3) is 0 Å². The van der Waals surface area contributed by atoms with Gasteiger partial charge in [-0.1, -0.05) is 30.3 Å². The Morgan fingerprint density at radius 2 is 1.63 bits per heavy atom. The van der Waals surface area contributed by atoms with E-state index in [1.165, 1.54) is 16.7 Å². The number of ether oxygens (including phenoxy) is 2. The molecular formula is C23H35IN4O2. The van der Waals surface area contributed by atoms with E-state index < -0.39 is 0 Å². The van der Waals surface area contributed by atoms with Crippen molar-refractivity contribution in [1.82, 2.24) is 15.1 Å². The summed E-state index contributed by atoms with van der Waals surface area (Å²) in [5.74, 6) is 2.38. The predicted molar refractivity (Wildman–Crippen MR) is 135 cm³/mol. The van der Waals surface area contributed by atoms with Crippen LogP contribution in [0.1, 0.15) is 16.7 Å². The van der Waals surface area contributed by atoms with Crippen LogP contribution < -0.4 is 14.8 Å². The van der Waals surface area contributed by atoms with Crippen LogP contribution in [-0.4, -0.2) is 64.7 Å². The fourth-order valence-corrected chi connectivity index (χ4v) is 3.21. The maximum atomic E-state index is 5.40. The molecule has 0 aliphatic heterocycles. The summed E-state index contributed by atoms with van der Waals surface area (Å²) in [5, 5.41) is 3.46. The van der Waals surface area contributed by atoms with Crippen LogP contribution in [0.15, 0.2) is 47.5 Å². The third-order valence-electron chi connectivity index (χ3n) is 4.70. The quantitative estimate of drug-likeness (QED) is 0.307. The van der Waals surface area contributed by atoms with Gasteiger partial charge in [-0.15, -0.1) is 24.0 Å². The molecule has 0 fully saturated rings. The van der Waals surface area contributed by atoms with Gasteiger partial charge in [-0.3, -0.25) is 4.99 Å². The highest BCUT2D eigenvalue weighted by atomic mass is 127. The lowest BCUT2D eigenvalue weighted by Gasteiger charge is -2.22. The molecule has 0 spiro atoms. The Morgan fingerprint density at radius 3 is 2.27 bits per heavy atom. The molecule has 0 atom stereocenters. The van der Waals surface area contributed by atoms with E-state index in [0.717, 1.165) is 43.5 Å². The molecule has 0 saturated carbocycles. The molecule has 2 aromatic carbocycles. The average molecular weight is 526 g/mol. The summed E-state index contributed by atoms with van der Waals surface area (Å²) in [6, 6.07) is 14.7. The number of halogens is 1. The van der Waals surface area contributed by atoms with Crippen LogP contribution in [0, 0.1) is 0 Å². The van der Waals surface area contributed by atoms with Crippen LogP contribution in [0.3, 0.4) is 0 Å². The topological polar surface area (TPSA) is 49.3 Å². The van der Waals surface area contributed by atoms with Gasteiger partial charge in [0.15, 0.2) is 17.5 Å². The monoisotopic (exact) mass is 526 g/mol. The van der Waals surface area contributed by atoms with E-state index in [2.05, 4.69) is 71.6 Å². The molecule has 166 valence electrons. The number of nitrogens with zero attached hydrogens (tertiary/aromatic N) is 3. The van der Waals surface area contributed by atoms with Crippen LogP contribution in [0.4, 0.5) is 0 Å². The standard InChI is InChI=1S/C23H34N4O2.HI/c1-24-23(25-16-19-8-7-9-20(14-19)17-26(2)3)27(4)13-12-18-10-11-21(28-5)22(15-18)29-6;/h7-11,14-15H,12-13,16-17H2,1-6H3,(H,24,25);1H. The summed E-state index contributed by atoms with van der Waals surface area (Å²) in [6.07, 6.45) is 0.885. The van der Waals surface area contributed by atoms with Crippen molar-refractivity contribution in [3.8, 4) is 11.5 Å². The first-order valence-electron chi connectivity index (χ1n) is 9.82. The van der Waals surface area contributed by atoms with Crippen molar-refractivity contribution in [2.75, 3.05) is 49.0 Å². The van der Waals surface area contributed by atoms with E-state index in [0.29, 0.717) is 0 Å². The molecule has 0 unspecified atom stereocenters. The number of hydrogen-bond donors (Lipinski definition) is 1. The second-order valence-corrected chi connectivity index (χ2v) is 7.32. The number of benzene rings is 2. The minimum Gasteiger partial charge on any atom is -0.493 e. The molecule has 0 amide bonds. The van der Waals surface area contributed by atoms with Crippen molar-refractivity contribution >= 4 is 29.9 Å². The normalized spacial score (nSPS) is 11.1. The van der Waals surface area contributed by atoms with Gasteiger partial charge in [0.2, 0.25) is 0 Å². The number of hydrogen-bond acceptors (Lipinski definition) is 4. The lowest BCUT2D eigenvalue weighted by molar-refractivity contribution is 0.354. The van der Waals surface area contributed by atoms with Gasteiger partial charge in [-0.2, -0.15) is 0 Å². The third kappa shape index (κ3) is 8.02. The molecule has 2 aromatic rings. The largest absolute Gasteiger partial charge is 0.493 e. The molecule has 0 aliphatic carbocycles. The SMILES string of the molecule is CN=C(NCc1cccc(CN(C)C)c1)N(C)CCc1ccc(OC)c(OC)c1.I. The van der Waals surface area contributed by atoms with E-state index in [1.807, 2.05) is 19.2 Å². The van der Waals surface area contributed by atoms with Gasteiger partial charge in [0, 0.05) is 33.7 Å². The number of methoxy groups -OCH3 is 2. The highest BCUT2D eigenvalue weighted by molar-refractivity contribution is 14.0. The minimum atomic E-state index is 0. The summed E-state index contributed by atoms with van der Waals surface area (Å²) in [4.78, 5) is 8.74. The van der Waals surface area contributed by atoms with Crippen molar-refractivity contribution < 1.29 is 9.47 Å². The Hall–Kier alpha value is -2.00. The second-order valence-electron chi connectivity index (χ2n) is 7.32. The molecule has 1 N–H and O–H groups in total. The molecule has 7 heteroatoms. The lowest BCUT2D eigenvalue weighted by Crippen LogP contribution is -2.39. The molecule has 30 heavy (non-hydrogen) atoms. The fraction of sp³-hybridized carbons (Fsp3) is 0.435.